The van der Waals surface area contributed by atoms with Gasteiger partial charge in [0.05, 0.1) is 18.0 Å². The number of rotatable bonds is 6. The third-order valence-corrected chi connectivity index (χ3v) is 3.85. The van der Waals surface area contributed by atoms with Gasteiger partial charge in [-0.25, -0.2) is 4.39 Å². The molecule has 0 amide bonds. The van der Waals surface area contributed by atoms with Crippen molar-refractivity contribution in [3.05, 3.63) is 29.8 Å². The highest BCUT2D eigenvalue weighted by Gasteiger charge is 2.30. The zero-order valence-corrected chi connectivity index (χ0v) is 11.0. The van der Waals surface area contributed by atoms with E-state index in [0.717, 1.165) is 18.7 Å². The zero-order chi connectivity index (χ0) is 13.1. The number of hydrogen-bond donors (Lipinski definition) is 1. The summed E-state index contributed by atoms with van der Waals surface area (Å²) in [6, 6.07) is 3.46. The molecule has 1 aromatic rings. The zero-order valence-electron chi connectivity index (χ0n) is 11.0. The summed E-state index contributed by atoms with van der Waals surface area (Å²) >= 11 is 0. The largest absolute Gasteiger partial charge is 0.387 e. The lowest BCUT2D eigenvalue weighted by molar-refractivity contribution is 0.131. The molecule has 2 atom stereocenters. The second-order valence-corrected chi connectivity index (χ2v) is 5.26. The fourth-order valence-electron chi connectivity index (χ4n) is 2.20. The standard InChI is InChI=1S/C14H21FN2O/c1-10(11-3-4-11)17(2)8-7-14(18)13-6-5-12(15)9-16-13/h5-6,9-11,14,18H,3-4,7-8H2,1-2H3. The third-order valence-electron chi connectivity index (χ3n) is 3.85. The van der Waals surface area contributed by atoms with Gasteiger partial charge in [0, 0.05) is 12.6 Å². The van der Waals surface area contributed by atoms with Crippen LogP contribution in [0.5, 0.6) is 0 Å². The average molecular weight is 252 g/mol. The van der Waals surface area contributed by atoms with Crippen LogP contribution in [0.15, 0.2) is 18.3 Å². The van der Waals surface area contributed by atoms with Crippen LogP contribution >= 0.6 is 0 Å². The van der Waals surface area contributed by atoms with E-state index < -0.39 is 6.10 Å². The molecule has 0 aliphatic heterocycles. The van der Waals surface area contributed by atoms with E-state index in [-0.39, 0.29) is 5.82 Å². The van der Waals surface area contributed by atoms with Gasteiger partial charge in [0.25, 0.3) is 0 Å². The van der Waals surface area contributed by atoms with Crippen LogP contribution < -0.4 is 0 Å². The van der Waals surface area contributed by atoms with E-state index in [1.54, 1.807) is 6.07 Å². The van der Waals surface area contributed by atoms with Gasteiger partial charge in [-0.2, -0.15) is 0 Å². The lowest BCUT2D eigenvalue weighted by Crippen LogP contribution is -2.32. The van der Waals surface area contributed by atoms with Gasteiger partial charge in [-0.15, -0.1) is 0 Å². The Hall–Kier alpha value is -1.00. The van der Waals surface area contributed by atoms with Crippen LogP contribution in [0.25, 0.3) is 0 Å². The van der Waals surface area contributed by atoms with E-state index in [1.807, 2.05) is 0 Å². The molecule has 1 aromatic heterocycles. The van der Waals surface area contributed by atoms with Crippen LogP contribution in [0.3, 0.4) is 0 Å². The number of pyridine rings is 1. The fourth-order valence-corrected chi connectivity index (χ4v) is 2.20. The van der Waals surface area contributed by atoms with Crippen molar-refractivity contribution in [2.75, 3.05) is 13.6 Å². The van der Waals surface area contributed by atoms with Gasteiger partial charge in [-0.3, -0.25) is 4.98 Å². The Morgan fingerprint density at radius 2 is 2.22 bits per heavy atom. The van der Waals surface area contributed by atoms with Crippen LogP contribution in [-0.4, -0.2) is 34.6 Å². The van der Waals surface area contributed by atoms with E-state index in [9.17, 15) is 9.50 Å². The van der Waals surface area contributed by atoms with Crippen molar-refractivity contribution in [1.82, 2.24) is 9.88 Å². The molecule has 1 aliphatic carbocycles. The average Bonchev–Trinajstić information content (AvgIpc) is 3.19. The Kier molecular flexibility index (Phi) is 4.30. The Morgan fingerprint density at radius 3 is 2.78 bits per heavy atom. The maximum absolute atomic E-state index is 12.7. The molecule has 100 valence electrons. The highest BCUT2D eigenvalue weighted by Crippen LogP contribution is 2.34. The van der Waals surface area contributed by atoms with E-state index in [1.165, 1.54) is 18.9 Å². The van der Waals surface area contributed by atoms with Crippen LogP contribution in [0.2, 0.25) is 0 Å². The van der Waals surface area contributed by atoms with Crippen LogP contribution in [0.4, 0.5) is 4.39 Å². The molecule has 2 unspecified atom stereocenters. The molecular formula is C14H21FN2O. The summed E-state index contributed by atoms with van der Waals surface area (Å²) in [6.07, 6.45) is 3.82. The smallest absolute Gasteiger partial charge is 0.141 e. The third kappa shape index (κ3) is 3.50. The molecule has 1 fully saturated rings. The van der Waals surface area contributed by atoms with E-state index in [2.05, 4.69) is 23.9 Å². The second-order valence-electron chi connectivity index (χ2n) is 5.26. The predicted octanol–water partition coefficient (Wildman–Crippen LogP) is 2.37. The molecule has 0 bridgehead atoms. The summed E-state index contributed by atoms with van der Waals surface area (Å²) in [7, 11) is 2.09. The summed E-state index contributed by atoms with van der Waals surface area (Å²) in [4.78, 5) is 6.19. The molecule has 1 saturated carbocycles. The molecule has 0 saturated heterocycles. The molecule has 18 heavy (non-hydrogen) atoms. The lowest BCUT2D eigenvalue weighted by Gasteiger charge is -2.25. The highest BCUT2D eigenvalue weighted by molar-refractivity contribution is 5.07. The maximum atomic E-state index is 12.7. The maximum Gasteiger partial charge on any atom is 0.141 e. The molecule has 0 spiro atoms. The van der Waals surface area contributed by atoms with Crippen molar-refractivity contribution in [3.8, 4) is 0 Å². The Morgan fingerprint density at radius 1 is 1.50 bits per heavy atom. The van der Waals surface area contributed by atoms with Crippen molar-refractivity contribution < 1.29 is 9.50 Å². The first-order valence-electron chi connectivity index (χ1n) is 6.57. The van der Waals surface area contributed by atoms with E-state index >= 15 is 0 Å². The van der Waals surface area contributed by atoms with Crippen LogP contribution in [-0.2, 0) is 0 Å². The van der Waals surface area contributed by atoms with Crippen molar-refractivity contribution in [2.24, 2.45) is 5.92 Å². The minimum Gasteiger partial charge on any atom is -0.387 e. The van der Waals surface area contributed by atoms with Gasteiger partial charge in [0.1, 0.15) is 5.82 Å². The lowest BCUT2D eigenvalue weighted by atomic mass is 10.1. The molecule has 0 radical (unpaired) electrons. The second kappa shape index (κ2) is 5.76. The van der Waals surface area contributed by atoms with E-state index in [0.29, 0.717) is 18.2 Å². The topological polar surface area (TPSA) is 36.4 Å². The molecule has 3 nitrogen and oxygen atoms in total. The number of hydrogen-bond acceptors (Lipinski definition) is 3. The first-order valence-corrected chi connectivity index (χ1v) is 6.57. The number of aromatic nitrogens is 1. The first-order chi connectivity index (χ1) is 8.58. The molecule has 2 rings (SSSR count). The number of aliphatic hydroxyl groups excluding tert-OH is 1. The molecule has 1 N–H and O–H groups in total. The number of halogens is 1. The van der Waals surface area contributed by atoms with Crippen molar-refractivity contribution in [2.45, 2.75) is 38.3 Å². The fraction of sp³-hybridized carbons (Fsp3) is 0.643. The van der Waals surface area contributed by atoms with Crippen LogP contribution in [0.1, 0.15) is 38.0 Å². The van der Waals surface area contributed by atoms with Gasteiger partial charge in [-0.1, -0.05) is 0 Å². The first kappa shape index (κ1) is 13.4. The molecule has 0 aromatic carbocycles. The summed E-state index contributed by atoms with van der Waals surface area (Å²) < 4.78 is 12.7. The molecule has 1 heterocycles. The van der Waals surface area contributed by atoms with Gasteiger partial charge in [0.15, 0.2) is 0 Å². The summed E-state index contributed by atoms with van der Waals surface area (Å²) in [5, 5.41) is 9.98. The Labute approximate surface area is 108 Å². The van der Waals surface area contributed by atoms with Crippen molar-refractivity contribution in [1.29, 1.82) is 0 Å². The quantitative estimate of drug-likeness (QED) is 0.844. The van der Waals surface area contributed by atoms with Crippen molar-refractivity contribution >= 4 is 0 Å². The summed E-state index contributed by atoms with van der Waals surface area (Å²) in [5.41, 5.74) is 0.545. The molecule has 4 heteroatoms. The summed E-state index contributed by atoms with van der Waals surface area (Å²) in [6.45, 7) is 3.07. The SMILES string of the molecule is CC(C1CC1)N(C)CCC(O)c1ccc(F)cn1. The minimum atomic E-state index is -0.612. The van der Waals surface area contributed by atoms with Gasteiger partial charge >= 0.3 is 0 Å². The number of aliphatic hydroxyl groups is 1. The van der Waals surface area contributed by atoms with Gasteiger partial charge in [0.2, 0.25) is 0 Å². The summed E-state index contributed by atoms with van der Waals surface area (Å²) in [5.74, 6) is 0.460. The monoisotopic (exact) mass is 252 g/mol. The predicted molar refractivity (Wildman–Crippen MR) is 68.6 cm³/mol. The van der Waals surface area contributed by atoms with E-state index in [4.69, 9.17) is 0 Å². The molecular weight excluding hydrogens is 231 g/mol. The number of nitrogens with zero attached hydrogens (tertiary/aromatic N) is 2. The normalized spacial score (nSPS) is 18.9. The Balaban J connectivity index is 1.80. The Bertz CT molecular complexity index is 378. The van der Waals surface area contributed by atoms with Gasteiger partial charge in [-0.05, 0) is 51.3 Å². The van der Waals surface area contributed by atoms with Gasteiger partial charge < -0.3 is 10.0 Å². The molecule has 1 aliphatic rings. The highest BCUT2D eigenvalue weighted by atomic mass is 19.1. The van der Waals surface area contributed by atoms with Crippen LogP contribution in [0, 0.1) is 11.7 Å². The minimum absolute atomic E-state index is 0.370. The van der Waals surface area contributed by atoms with Crippen molar-refractivity contribution in [3.63, 3.8) is 0 Å².